The highest BCUT2D eigenvalue weighted by atomic mass is 32.2. The highest BCUT2D eigenvalue weighted by Crippen LogP contribution is 2.18. The second-order valence-electron chi connectivity index (χ2n) is 7.73. The van der Waals surface area contributed by atoms with Crippen molar-refractivity contribution >= 4 is 27.5 Å². The zero-order valence-electron chi connectivity index (χ0n) is 18.8. The molecule has 0 aliphatic heterocycles. The van der Waals surface area contributed by atoms with Gasteiger partial charge in [-0.25, -0.2) is 8.42 Å². The first-order chi connectivity index (χ1) is 14.6. The van der Waals surface area contributed by atoms with Crippen LogP contribution in [-0.2, 0) is 14.8 Å². The van der Waals surface area contributed by atoms with Crippen LogP contribution in [0.25, 0.3) is 0 Å². The fourth-order valence-electron chi connectivity index (χ4n) is 2.99. The highest BCUT2D eigenvalue weighted by Gasteiger charge is 2.24. The second-order valence-corrected chi connectivity index (χ2v) is 9.73. The Balaban J connectivity index is 2.16. The van der Waals surface area contributed by atoms with Crippen LogP contribution >= 0.6 is 0 Å². The number of nitrogens with zero attached hydrogens (tertiary/aromatic N) is 2. The Bertz CT molecular complexity index is 1020. The Kier molecular flexibility index (Phi) is 8.36. The number of carbonyl (C=O) groups is 2. The topological polar surface area (TPSA) is 86.8 Å². The molecule has 0 spiro atoms. The van der Waals surface area contributed by atoms with Gasteiger partial charge in [0, 0.05) is 30.9 Å². The molecule has 0 bridgehead atoms. The van der Waals surface area contributed by atoms with Crippen LogP contribution in [0.5, 0.6) is 0 Å². The van der Waals surface area contributed by atoms with Crippen LogP contribution in [-0.4, -0.2) is 55.6 Å². The zero-order chi connectivity index (χ0) is 23.2. The molecule has 31 heavy (non-hydrogen) atoms. The Hall–Kier alpha value is -2.71. The van der Waals surface area contributed by atoms with Gasteiger partial charge in [-0.05, 0) is 63.1 Å². The molecule has 0 fully saturated rings. The monoisotopic (exact) mass is 445 g/mol. The number of rotatable bonds is 9. The first-order valence-corrected chi connectivity index (χ1v) is 11.7. The summed E-state index contributed by atoms with van der Waals surface area (Å²) >= 11 is 0. The third-order valence-electron chi connectivity index (χ3n) is 5.04. The van der Waals surface area contributed by atoms with E-state index >= 15 is 0 Å². The third-order valence-corrected chi connectivity index (χ3v) is 7.09. The predicted octanol–water partition coefficient (Wildman–Crippen LogP) is 3.51. The average molecular weight is 446 g/mol. The molecule has 0 atom stereocenters. The summed E-state index contributed by atoms with van der Waals surface area (Å²) in [4.78, 5) is 27.1. The van der Waals surface area contributed by atoms with E-state index in [4.69, 9.17) is 0 Å². The van der Waals surface area contributed by atoms with Crippen LogP contribution in [0.2, 0.25) is 0 Å². The largest absolute Gasteiger partial charge is 0.329 e. The lowest BCUT2D eigenvalue weighted by Crippen LogP contribution is -2.38. The first kappa shape index (κ1) is 24.6. The molecule has 0 saturated carbocycles. The Morgan fingerprint density at radius 3 is 2.19 bits per heavy atom. The van der Waals surface area contributed by atoms with E-state index in [1.165, 1.54) is 40.5 Å². The lowest BCUT2D eigenvalue weighted by atomic mass is 10.2. The number of aryl methyl sites for hydroxylation is 1. The lowest BCUT2D eigenvalue weighted by molar-refractivity contribution is -0.116. The van der Waals surface area contributed by atoms with Crippen molar-refractivity contribution in [3.63, 3.8) is 0 Å². The zero-order valence-corrected chi connectivity index (χ0v) is 19.6. The van der Waals surface area contributed by atoms with Gasteiger partial charge in [0.1, 0.15) is 6.54 Å². The standard InChI is InChI=1S/C23H31N3O4S/c1-6-15-26(16-22(27)24-21-10-8-7-9-18(21)4)23(28)19-11-13-20(14-12-19)31(29,30)25(5)17(2)3/h7-14,17H,6,15-16H2,1-5H3,(H,24,27). The number of benzene rings is 2. The fourth-order valence-corrected chi connectivity index (χ4v) is 4.36. The second kappa shape index (κ2) is 10.5. The van der Waals surface area contributed by atoms with Crippen molar-refractivity contribution in [3.8, 4) is 0 Å². The maximum Gasteiger partial charge on any atom is 0.254 e. The van der Waals surface area contributed by atoms with Crippen LogP contribution in [0.4, 0.5) is 5.69 Å². The number of amides is 2. The van der Waals surface area contributed by atoms with E-state index in [-0.39, 0.29) is 29.3 Å². The van der Waals surface area contributed by atoms with E-state index in [0.717, 1.165) is 5.56 Å². The van der Waals surface area contributed by atoms with Crippen LogP contribution in [0.15, 0.2) is 53.4 Å². The van der Waals surface area contributed by atoms with Crippen LogP contribution in [0.1, 0.15) is 43.1 Å². The normalized spacial score (nSPS) is 11.6. The summed E-state index contributed by atoms with van der Waals surface area (Å²) in [5, 5.41) is 2.84. The number of anilines is 1. The third kappa shape index (κ3) is 6.15. The molecule has 0 aliphatic rings. The van der Waals surface area contributed by atoms with Crippen molar-refractivity contribution < 1.29 is 18.0 Å². The SMILES string of the molecule is CCCN(CC(=O)Nc1ccccc1C)C(=O)c1ccc(S(=O)(=O)N(C)C(C)C)cc1. The summed E-state index contributed by atoms with van der Waals surface area (Å²) in [6.45, 7) is 7.74. The van der Waals surface area contributed by atoms with E-state index in [0.29, 0.717) is 24.2 Å². The molecule has 1 N–H and O–H groups in total. The van der Waals surface area contributed by atoms with E-state index in [1.807, 2.05) is 38.1 Å². The minimum absolute atomic E-state index is 0.0862. The number of hydrogen-bond donors (Lipinski definition) is 1. The number of sulfonamides is 1. The van der Waals surface area contributed by atoms with E-state index in [1.54, 1.807) is 13.8 Å². The lowest BCUT2D eigenvalue weighted by Gasteiger charge is -2.23. The Morgan fingerprint density at radius 1 is 1.03 bits per heavy atom. The van der Waals surface area contributed by atoms with Crippen molar-refractivity contribution in [2.75, 3.05) is 25.5 Å². The molecule has 2 aromatic carbocycles. The highest BCUT2D eigenvalue weighted by molar-refractivity contribution is 7.89. The summed E-state index contributed by atoms with van der Waals surface area (Å²) in [5.74, 6) is -0.600. The van der Waals surface area contributed by atoms with Gasteiger partial charge < -0.3 is 10.2 Å². The van der Waals surface area contributed by atoms with Crippen molar-refractivity contribution in [1.29, 1.82) is 0 Å². The molecule has 0 aromatic heterocycles. The Morgan fingerprint density at radius 2 is 1.65 bits per heavy atom. The molecule has 7 nitrogen and oxygen atoms in total. The number of hydrogen-bond acceptors (Lipinski definition) is 4. The minimum atomic E-state index is -3.62. The summed E-state index contributed by atoms with van der Waals surface area (Å²) in [7, 11) is -2.10. The van der Waals surface area contributed by atoms with Gasteiger partial charge in [0.25, 0.3) is 5.91 Å². The Labute approximate surface area is 185 Å². The van der Waals surface area contributed by atoms with Crippen molar-refractivity contribution in [2.45, 2.75) is 45.1 Å². The predicted molar refractivity (Wildman–Crippen MR) is 123 cm³/mol. The van der Waals surface area contributed by atoms with E-state index in [9.17, 15) is 18.0 Å². The van der Waals surface area contributed by atoms with Crippen LogP contribution < -0.4 is 5.32 Å². The first-order valence-electron chi connectivity index (χ1n) is 10.3. The van der Waals surface area contributed by atoms with Crippen molar-refractivity contribution in [1.82, 2.24) is 9.21 Å². The molecule has 0 unspecified atom stereocenters. The van der Waals surface area contributed by atoms with Crippen molar-refractivity contribution in [2.24, 2.45) is 0 Å². The molecule has 2 amide bonds. The van der Waals surface area contributed by atoms with Crippen LogP contribution in [0, 0.1) is 6.92 Å². The van der Waals surface area contributed by atoms with Gasteiger partial charge in [-0.15, -0.1) is 0 Å². The van der Waals surface area contributed by atoms with Gasteiger partial charge in [0.2, 0.25) is 15.9 Å². The smallest absolute Gasteiger partial charge is 0.254 e. The molecular formula is C23H31N3O4S. The maximum atomic E-state index is 13.0. The van der Waals surface area contributed by atoms with Crippen molar-refractivity contribution in [3.05, 3.63) is 59.7 Å². The van der Waals surface area contributed by atoms with Gasteiger partial charge in [-0.3, -0.25) is 9.59 Å². The molecule has 168 valence electrons. The number of nitrogens with one attached hydrogen (secondary N) is 1. The minimum Gasteiger partial charge on any atom is -0.329 e. The molecule has 2 aromatic rings. The van der Waals surface area contributed by atoms with Gasteiger partial charge in [0.15, 0.2) is 0 Å². The molecular weight excluding hydrogens is 414 g/mol. The van der Waals surface area contributed by atoms with E-state index < -0.39 is 10.0 Å². The van der Waals surface area contributed by atoms with Gasteiger partial charge >= 0.3 is 0 Å². The molecule has 0 heterocycles. The fraction of sp³-hybridized carbons (Fsp3) is 0.391. The van der Waals surface area contributed by atoms with Gasteiger partial charge in [0.05, 0.1) is 4.90 Å². The molecule has 0 radical (unpaired) electrons. The maximum absolute atomic E-state index is 13.0. The summed E-state index contributed by atoms with van der Waals surface area (Å²) < 4.78 is 26.5. The molecule has 8 heteroatoms. The summed E-state index contributed by atoms with van der Waals surface area (Å²) in [6.07, 6.45) is 0.690. The number of para-hydroxylation sites is 1. The number of carbonyl (C=O) groups excluding carboxylic acids is 2. The molecule has 2 rings (SSSR count). The summed E-state index contributed by atoms with van der Waals surface area (Å²) in [6, 6.07) is 13.1. The van der Waals surface area contributed by atoms with E-state index in [2.05, 4.69) is 5.32 Å². The average Bonchev–Trinajstić information content (AvgIpc) is 2.74. The van der Waals surface area contributed by atoms with Crippen LogP contribution in [0.3, 0.4) is 0 Å². The molecule has 0 aliphatic carbocycles. The summed E-state index contributed by atoms with van der Waals surface area (Å²) in [5.41, 5.74) is 1.98. The van der Waals surface area contributed by atoms with Gasteiger partial charge in [-0.2, -0.15) is 4.31 Å². The van der Waals surface area contributed by atoms with Gasteiger partial charge in [-0.1, -0.05) is 25.1 Å². The quantitative estimate of drug-likeness (QED) is 0.640. The molecule has 0 saturated heterocycles.